The minimum atomic E-state index is -2.62. The van der Waals surface area contributed by atoms with Crippen LogP contribution in [0.25, 0.3) is 22.3 Å². The first-order valence-electron chi connectivity index (χ1n) is 8.90. The largest absolute Gasteiger partial charge is 0.264 e. The Morgan fingerprint density at radius 2 is 1.75 bits per heavy atom. The molecule has 0 aliphatic heterocycles. The molecule has 0 aliphatic carbocycles. The van der Waals surface area contributed by atoms with Crippen molar-refractivity contribution in [3.8, 4) is 11.3 Å². The summed E-state index contributed by atoms with van der Waals surface area (Å²) in [6.45, 7) is 4.06. The summed E-state index contributed by atoms with van der Waals surface area (Å²) < 4.78 is 29.4. The minimum absolute atomic E-state index is 0.0523. The molecule has 0 N–H and O–H groups in total. The number of benzene rings is 2. The summed E-state index contributed by atoms with van der Waals surface area (Å²) >= 11 is 6.27. The van der Waals surface area contributed by atoms with Gasteiger partial charge >= 0.3 is 0 Å². The summed E-state index contributed by atoms with van der Waals surface area (Å²) in [5.41, 5.74) is 4.16. The van der Waals surface area contributed by atoms with Gasteiger partial charge in [0.1, 0.15) is 0 Å². The zero-order chi connectivity index (χ0) is 19.8. The number of pyridine rings is 1. The Morgan fingerprint density at radius 1 is 1.04 bits per heavy atom. The van der Waals surface area contributed by atoms with E-state index >= 15 is 0 Å². The van der Waals surface area contributed by atoms with Crippen molar-refractivity contribution in [3.63, 3.8) is 0 Å². The van der Waals surface area contributed by atoms with E-state index in [4.69, 9.17) is 11.6 Å². The zero-order valence-corrected chi connectivity index (χ0v) is 16.2. The number of aromatic nitrogens is 3. The molecule has 0 amide bonds. The van der Waals surface area contributed by atoms with Crippen LogP contribution in [0.5, 0.6) is 0 Å². The third-order valence-corrected chi connectivity index (χ3v) is 5.14. The second kappa shape index (κ2) is 7.32. The highest BCUT2D eigenvalue weighted by molar-refractivity contribution is 6.31. The van der Waals surface area contributed by atoms with E-state index in [2.05, 4.69) is 10.1 Å². The first kappa shape index (κ1) is 18.6. The molecule has 0 unspecified atom stereocenters. The second-order valence-electron chi connectivity index (χ2n) is 6.80. The number of hydrogen-bond donors (Lipinski definition) is 0. The van der Waals surface area contributed by atoms with Crippen LogP contribution in [0.4, 0.5) is 8.78 Å². The standard InChI is InChI=1S/C22H18ClF2N3/c1-13-7-9-15(10-8-13)19-11-17(21(24)25)20-14(2)27-28(22(20)26-19)12-16-5-3-4-6-18(16)23/h3-11,21H,12H2,1-2H3. The monoisotopic (exact) mass is 397 g/mol. The van der Waals surface area contributed by atoms with Crippen molar-refractivity contribution in [2.24, 2.45) is 0 Å². The fourth-order valence-corrected chi connectivity index (χ4v) is 3.52. The Morgan fingerprint density at radius 3 is 2.43 bits per heavy atom. The maximum atomic E-state index is 13.9. The van der Waals surface area contributed by atoms with Gasteiger partial charge in [-0.1, -0.05) is 59.6 Å². The van der Waals surface area contributed by atoms with Crippen LogP contribution >= 0.6 is 11.6 Å². The lowest BCUT2D eigenvalue weighted by Crippen LogP contribution is -2.04. The summed E-state index contributed by atoms with van der Waals surface area (Å²) in [4.78, 5) is 4.69. The van der Waals surface area contributed by atoms with Crippen LogP contribution in [0.1, 0.15) is 28.8 Å². The van der Waals surface area contributed by atoms with Crippen LogP contribution in [0.2, 0.25) is 5.02 Å². The molecule has 0 fully saturated rings. The molecule has 0 atom stereocenters. The maximum absolute atomic E-state index is 13.9. The smallest absolute Gasteiger partial charge is 0.242 e. The summed E-state index contributed by atoms with van der Waals surface area (Å²) in [6, 6.07) is 16.5. The highest BCUT2D eigenvalue weighted by Gasteiger charge is 2.21. The molecule has 0 aliphatic rings. The number of fused-ring (bicyclic) bond motifs is 1. The summed E-state index contributed by atoms with van der Waals surface area (Å²) in [5.74, 6) is 0. The molecule has 3 nitrogen and oxygen atoms in total. The lowest BCUT2D eigenvalue weighted by atomic mass is 10.0. The van der Waals surface area contributed by atoms with Crippen LogP contribution in [-0.4, -0.2) is 14.8 Å². The van der Waals surface area contributed by atoms with Crippen molar-refractivity contribution in [3.05, 3.63) is 82.0 Å². The van der Waals surface area contributed by atoms with Crippen LogP contribution in [-0.2, 0) is 6.54 Å². The highest BCUT2D eigenvalue weighted by Crippen LogP contribution is 2.33. The third-order valence-electron chi connectivity index (χ3n) is 4.77. The molecule has 4 aromatic rings. The fourth-order valence-electron chi connectivity index (χ4n) is 3.33. The molecular weight excluding hydrogens is 380 g/mol. The van der Waals surface area contributed by atoms with Gasteiger partial charge < -0.3 is 0 Å². The van der Waals surface area contributed by atoms with Gasteiger partial charge in [0, 0.05) is 16.1 Å². The SMILES string of the molecule is Cc1ccc(-c2cc(C(F)F)c3c(C)nn(Cc4ccccc4Cl)c3n2)cc1. The average Bonchev–Trinajstić information content (AvgIpc) is 2.99. The van der Waals surface area contributed by atoms with Gasteiger partial charge in [-0.15, -0.1) is 0 Å². The van der Waals surface area contributed by atoms with Crippen LogP contribution < -0.4 is 0 Å². The van der Waals surface area contributed by atoms with Gasteiger partial charge in [0.15, 0.2) is 5.65 Å². The quantitative estimate of drug-likeness (QED) is 0.401. The number of alkyl halides is 2. The van der Waals surface area contributed by atoms with Crippen molar-refractivity contribution in [2.45, 2.75) is 26.8 Å². The van der Waals surface area contributed by atoms with Crippen LogP contribution in [0, 0.1) is 13.8 Å². The Balaban J connectivity index is 1.92. The second-order valence-corrected chi connectivity index (χ2v) is 7.20. The van der Waals surface area contributed by atoms with Gasteiger partial charge in [0.05, 0.1) is 23.3 Å². The number of halogens is 3. The van der Waals surface area contributed by atoms with Crippen LogP contribution in [0.3, 0.4) is 0 Å². The number of rotatable bonds is 4. The van der Waals surface area contributed by atoms with E-state index in [-0.39, 0.29) is 5.56 Å². The Hall–Kier alpha value is -2.79. The van der Waals surface area contributed by atoms with E-state index in [1.54, 1.807) is 17.7 Å². The molecule has 0 saturated carbocycles. The van der Waals surface area contributed by atoms with Gasteiger partial charge in [-0.25, -0.2) is 18.4 Å². The van der Waals surface area contributed by atoms with Crippen molar-refractivity contribution in [1.29, 1.82) is 0 Å². The van der Waals surface area contributed by atoms with E-state index in [0.717, 1.165) is 16.7 Å². The van der Waals surface area contributed by atoms with Crippen molar-refractivity contribution in [1.82, 2.24) is 14.8 Å². The number of aryl methyl sites for hydroxylation is 2. The Bertz CT molecular complexity index is 1150. The van der Waals surface area contributed by atoms with Gasteiger partial charge in [0.25, 0.3) is 6.43 Å². The molecule has 0 radical (unpaired) electrons. The number of nitrogens with zero attached hydrogens (tertiary/aromatic N) is 3. The van der Waals surface area contributed by atoms with E-state index < -0.39 is 6.43 Å². The predicted octanol–water partition coefficient (Wildman–Crippen LogP) is 6.35. The molecule has 2 heterocycles. The normalized spacial score (nSPS) is 11.5. The molecule has 6 heteroatoms. The van der Waals surface area contributed by atoms with Crippen LogP contribution in [0.15, 0.2) is 54.6 Å². The highest BCUT2D eigenvalue weighted by atomic mass is 35.5. The molecule has 28 heavy (non-hydrogen) atoms. The zero-order valence-electron chi connectivity index (χ0n) is 15.5. The topological polar surface area (TPSA) is 30.7 Å². The lowest BCUT2D eigenvalue weighted by molar-refractivity contribution is 0.153. The van der Waals surface area contributed by atoms with Gasteiger partial charge in [0.2, 0.25) is 0 Å². The third kappa shape index (κ3) is 3.38. The molecule has 142 valence electrons. The fraction of sp³-hybridized carbons (Fsp3) is 0.182. The van der Waals surface area contributed by atoms with E-state index in [9.17, 15) is 8.78 Å². The molecule has 0 saturated heterocycles. The van der Waals surface area contributed by atoms with Gasteiger partial charge in [-0.3, -0.25) is 0 Å². The van der Waals surface area contributed by atoms with Gasteiger partial charge in [-0.05, 0) is 31.5 Å². The molecule has 4 rings (SSSR count). The van der Waals surface area contributed by atoms with E-state index in [0.29, 0.717) is 34.0 Å². The van der Waals surface area contributed by atoms with Crippen molar-refractivity contribution >= 4 is 22.6 Å². The molecular formula is C22H18ClF2N3. The minimum Gasteiger partial charge on any atom is -0.242 e. The predicted molar refractivity (Wildman–Crippen MR) is 108 cm³/mol. The molecule has 0 bridgehead atoms. The Labute approximate surface area is 166 Å². The molecule has 0 spiro atoms. The summed E-state index contributed by atoms with van der Waals surface area (Å²) in [5, 5.41) is 5.49. The first-order valence-corrected chi connectivity index (χ1v) is 9.28. The average molecular weight is 398 g/mol. The van der Waals surface area contributed by atoms with E-state index in [1.807, 2.05) is 49.4 Å². The van der Waals surface area contributed by atoms with E-state index in [1.165, 1.54) is 6.07 Å². The summed E-state index contributed by atoms with van der Waals surface area (Å²) in [6.07, 6.45) is -2.62. The van der Waals surface area contributed by atoms with Gasteiger partial charge in [-0.2, -0.15) is 5.10 Å². The maximum Gasteiger partial charge on any atom is 0.264 e. The van der Waals surface area contributed by atoms with Crippen molar-refractivity contribution in [2.75, 3.05) is 0 Å². The molecule has 2 aromatic carbocycles. The number of hydrogen-bond acceptors (Lipinski definition) is 2. The molecule has 2 aromatic heterocycles. The van der Waals surface area contributed by atoms with Crippen molar-refractivity contribution < 1.29 is 8.78 Å². The summed E-state index contributed by atoms with van der Waals surface area (Å²) in [7, 11) is 0. The first-order chi connectivity index (χ1) is 13.4. The Kier molecular flexibility index (Phi) is 4.85. The lowest BCUT2D eigenvalue weighted by Gasteiger charge is -2.10.